The molecule has 0 aliphatic carbocycles. The van der Waals surface area contributed by atoms with Crippen LogP contribution in [-0.4, -0.2) is 30.2 Å². The highest BCUT2D eigenvalue weighted by atomic mass is 19.1. The third-order valence-electron chi connectivity index (χ3n) is 3.81. The Balaban J connectivity index is 2.12. The first-order valence-electron chi connectivity index (χ1n) is 5.10. The predicted octanol–water partition coefficient (Wildman–Crippen LogP) is 2.22. The Hall–Kier alpha value is -0.110. The quantitative estimate of drug-likeness (QED) is 0.584. The van der Waals surface area contributed by atoms with E-state index in [9.17, 15) is 4.39 Å². The van der Waals surface area contributed by atoms with Crippen molar-refractivity contribution in [3.8, 4) is 0 Å². The molecule has 2 rings (SSSR count). The zero-order valence-corrected chi connectivity index (χ0v) is 7.96. The Kier molecular flexibility index (Phi) is 2.11. The number of rotatable bonds is 1. The van der Waals surface area contributed by atoms with Gasteiger partial charge < -0.3 is 0 Å². The first-order chi connectivity index (χ1) is 5.74. The molecule has 0 radical (unpaired) electrons. The summed E-state index contributed by atoms with van der Waals surface area (Å²) < 4.78 is 13.7. The summed E-state index contributed by atoms with van der Waals surface area (Å²) in [4.78, 5) is 2.26. The number of piperidine rings is 1. The van der Waals surface area contributed by atoms with Crippen molar-refractivity contribution >= 4 is 0 Å². The predicted molar refractivity (Wildman–Crippen MR) is 47.9 cm³/mol. The van der Waals surface area contributed by atoms with Gasteiger partial charge in [0.25, 0.3) is 0 Å². The van der Waals surface area contributed by atoms with Crippen molar-refractivity contribution in [3.63, 3.8) is 0 Å². The molecule has 70 valence electrons. The summed E-state index contributed by atoms with van der Waals surface area (Å²) in [5.74, 6) is 0.346. The van der Waals surface area contributed by atoms with Crippen molar-refractivity contribution in [2.45, 2.75) is 50.9 Å². The zero-order valence-electron chi connectivity index (χ0n) is 7.96. The van der Waals surface area contributed by atoms with Crippen LogP contribution in [0.2, 0.25) is 0 Å². The maximum Gasteiger partial charge on any atom is 0.118 e. The van der Waals surface area contributed by atoms with Gasteiger partial charge in [-0.1, -0.05) is 13.3 Å². The summed E-state index contributed by atoms with van der Waals surface area (Å²) in [7, 11) is 2.08. The van der Waals surface area contributed by atoms with Crippen molar-refractivity contribution in [1.82, 2.24) is 4.90 Å². The summed E-state index contributed by atoms with van der Waals surface area (Å²) in [6.07, 6.45) is 3.85. The number of hydrogen-bond donors (Lipinski definition) is 0. The monoisotopic (exact) mass is 171 g/mol. The molecule has 0 aromatic rings. The van der Waals surface area contributed by atoms with Gasteiger partial charge in [-0.05, 0) is 32.2 Å². The molecule has 0 spiro atoms. The molecule has 2 saturated heterocycles. The molecule has 0 N–H and O–H groups in total. The second-order valence-electron chi connectivity index (χ2n) is 4.31. The molecule has 0 aromatic carbocycles. The van der Waals surface area contributed by atoms with Crippen molar-refractivity contribution < 1.29 is 4.39 Å². The summed E-state index contributed by atoms with van der Waals surface area (Å²) in [5, 5.41) is 0. The van der Waals surface area contributed by atoms with E-state index in [2.05, 4.69) is 18.9 Å². The van der Waals surface area contributed by atoms with Crippen LogP contribution in [0.25, 0.3) is 0 Å². The molecule has 2 fully saturated rings. The molecule has 0 amide bonds. The Morgan fingerprint density at radius 2 is 2.17 bits per heavy atom. The standard InChI is InChI=1S/C10H18FN/c1-3-7-6-8-4-5-9(10(7)11)12(8)2/h7-10H,3-6H2,1-2H3/t7-,8-,9?,10?/m0/s1. The smallest absolute Gasteiger partial charge is 0.118 e. The normalized spacial score (nSPS) is 48.2. The van der Waals surface area contributed by atoms with Gasteiger partial charge in [0.05, 0.1) is 0 Å². The Bertz CT molecular complexity index is 171. The van der Waals surface area contributed by atoms with E-state index in [4.69, 9.17) is 0 Å². The Morgan fingerprint density at radius 3 is 2.83 bits per heavy atom. The third kappa shape index (κ3) is 1.08. The fourth-order valence-corrected chi connectivity index (χ4v) is 2.89. The van der Waals surface area contributed by atoms with Crippen LogP contribution in [0.1, 0.15) is 32.6 Å². The number of hydrogen-bond acceptors (Lipinski definition) is 1. The van der Waals surface area contributed by atoms with E-state index in [0.717, 1.165) is 19.3 Å². The lowest BCUT2D eigenvalue weighted by atomic mass is 9.87. The molecular formula is C10H18FN. The minimum absolute atomic E-state index is 0.244. The Morgan fingerprint density at radius 1 is 1.42 bits per heavy atom. The minimum atomic E-state index is -0.557. The molecule has 2 aliphatic heterocycles. The van der Waals surface area contributed by atoms with Crippen molar-refractivity contribution in [2.75, 3.05) is 7.05 Å². The first kappa shape index (κ1) is 8.49. The minimum Gasteiger partial charge on any atom is -0.298 e. The van der Waals surface area contributed by atoms with Crippen LogP contribution < -0.4 is 0 Å². The summed E-state index contributed by atoms with van der Waals surface area (Å²) in [5.41, 5.74) is 0. The zero-order chi connectivity index (χ0) is 8.72. The largest absolute Gasteiger partial charge is 0.298 e. The SMILES string of the molecule is CC[C@H]1C[C@@H]2CCC(C1F)N2C. The molecule has 0 saturated carbocycles. The second kappa shape index (κ2) is 2.99. The van der Waals surface area contributed by atoms with E-state index in [1.807, 2.05) is 0 Å². The van der Waals surface area contributed by atoms with Gasteiger partial charge in [0.1, 0.15) is 6.17 Å². The molecule has 1 nitrogen and oxygen atoms in total. The van der Waals surface area contributed by atoms with Crippen molar-refractivity contribution in [2.24, 2.45) is 5.92 Å². The number of fused-ring (bicyclic) bond motifs is 2. The molecule has 0 aromatic heterocycles. The van der Waals surface area contributed by atoms with E-state index >= 15 is 0 Å². The lowest BCUT2D eigenvalue weighted by molar-refractivity contribution is 0.0382. The first-order valence-corrected chi connectivity index (χ1v) is 5.10. The van der Waals surface area contributed by atoms with Crippen LogP contribution in [0.5, 0.6) is 0 Å². The van der Waals surface area contributed by atoms with Crippen molar-refractivity contribution in [1.29, 1.82) is 0 Å². The molecule has 2 bridgehead atoms. The van der Waals surface area contributed by atoms with Crippen LogP contribution in [0.15, 0.2) is 0 Å². The van der Waals surface area contributed by atoms with Crippen LogP contribution in [0.3, 0.4) is 0 Å². The molecule has 2 unspecified atom stereocenters. The van der Waals surface area contributed by atoms with E-state index in [1.165, 1.54) is 6.42 Å². The maximum absolute atomic E-state index is 13.7. The van der Waals surface area contributed by atoms with Gasteiger partial charge in [-0.3, -0.25) is 4.90 Å². The van der Waals surface area contributed by atoms with Gasteiger partial charge in [-0.25, -0.2) is 4.39 Å². The van der Waals surface area contributed by atoms with E-state index < -0.39 is 6.17 Å². The van der Waals surface area contributed by atoms with Crippen LogP contribution in [0.4, 0.5) is 4.39 Å². The lowest BCUT2D eigenvalue weighted by Crippen LogP contribution is -2.47. The number of nitrogens with zero attached hydrogens (tertiary/aromatic N) is 1. The van der Waals surface area contributed by atoms with Gasteiger partial charge in [-0.2, -0.15) is 0 Å². The molecule has 2 heteroatoms. The highest BCUT2D eigenvalue weighted by Gasteiger charge is 2.44. The van der Waals surface area contributed by atoms with E-state index in [0.29, 0.717) is 12.0 Å². The summed E-state index contributed by atoms with van der Waals surface area (Å²) in [6.45, 7) is 2.11. The van der Waals surface area contributed by atoms with E-state index in [-0.39, 0.29) is 6.04 Å². The van der Waals surface area contributed by atoms with Crippen molar-refractivity contribution in [3.05, 3.63) is 0 Å². The third-order valence-corrected chi connectivity index (χ3v) is 3.81. The Labute approximate surface area is 73.9 Å². The highest BCUT2D eigenvalue weighted by molar-refractivity contribution is 4.98. The topological polar surface area (TPSA) is 3.24 Å². The van der Waals surface area contributed by atoms with Gasteiger partial charge in [0.2, 0.25) is 0 Å². The van der Waals surface area contributed by atoms with Gasteiger partial charge in [0.15, 0.2) is 0 Å². The molecule has 12 heavy (non-hydrogen) atoms. The molecule has 4 atom stereocenters. The van der Waals surface area contributed by atoms with Gasteiger partial charge >= 0.3 is 0 Å². The fourth-order valence-electron chi connectivity index (χ4n) is 2.89. The summed E-state index contributed by atoms with van der Waals surface area (Å²) in [6, 6.07) is 0.931. The van der Waals surface area contributed by atoms with Gasteiger partial charge in [0, 0.05) is 12.1 Å². The average molecular weight is 171 g/mol. The fraction of sp³-hybridized carbons (Fsp3) is 1.00. The van der Waals surface area contributed by atoms with Crippen LogP contribution in [-0.2, 0) is 0 Å². The number of alkyl halides is 1. The highest BCUT2D eigenvalue weighted by Crippen LogP contribution is 2.40. The summed E-state index contributed by atoms with van der Waals surface area (Å²) >= 11 is 0. The lowest BCUT2D eigenvalue weighted by Gasteiger charge is -2.38. The van der Waals surface area contributed by atoms with Crippen LogP contribution in [0, 0.1) is 5.92 Å². The van der Waals surface area contributed by atoms with E-state index in [1.54, 1.807) is 0 Å². The average Bonchev–Trinajstić information content (AvgIpc) is 2.31. The second-order valence-corrected chi connectivity index (χ2v) is 4.31. The van der Waals surface area contributed by atoms with Gasteiger partial charge in [-0.15, -0.1) is 0 Å². The molecule has 2 heterocycles. The number of halogens is 1. The maximum atomic E-state index is 13.7. The molecular weight excluding hydrogens is 153 g/mol. The van der Waals surface area contributed by atoms with Crippen LogP contribution >= 0.6 is 0 Å². The molecule has 2 aliphatic rings.